The third kappa shape index (κ3) is 2.72. The molecule has 1 heteroatoms. The average molecular weight is 96.0 g/mol. The lowest BCUT2D eigenvalue weighted by Crippen LogP contribution is -1.98. The van der Waals surface area contributed by atoms with Crippen molar-refractivity contribution in [1.82, 2.24) is 0 Å². The van der Waals surface area contributed by atoms with Gasteiger partial charge in [-0.25, -0.2) is 0 Å². The molecular weight excluding hydrogens is 82.9 g/mol. The Balaban J connectivity index is 3.14. The summed E-state index contributed by atoms with van der Waals surface area (Å²) in [5, 5.41) is 0. The van der Waals surface area contributed by atoms with Gasteiger partial charge >= 0.3 is 0 Å². The molecule has 0 saturated heterocycles. The third-order valence-corrected chi connectivity index (χ3v) is 1.54. The fraction of sp³-hybridized carbons (Fsp3) is 1.00. The molecule has 0 aliphatic heterocycles. The maximum atomic E-state index is 5.55. The molecule has 2 radical (unpaired) electrons. The highest BCUT2D eigenvalue weighted by Crippen LogP contribution is 2.14. The molecule has 0 aliphatic rings. The molecular formula is C6H13B. The topological polar surface area (TPSA) is 0 Å². The van der Waals surface area contributed by atoms with Crippen molar-refractivity contribution in [3.05, 3.63) is 0 Å². The first-order valence-corrected chi connectivity index (χ1v) is 2.94. The lowest BCUT2D eigenvalue weighted by molar-refractivity contribution is 0.544. The minimum Gasteiger partial charge on any atom is -0.0777 e. The van der Waals surface area contributed by atoms with Crippen LogP contribution in [0.4, 0.5) is 0 Å². The van der Waals surface area contributed by atoms with E-state index in [-0.39, 0.29) is 0 Å². The molecule has 0 bridgehead atoms. The molecule has 0 amide bonds. The maximum absolute atomic E-state index is 5.55. The fourth-order valence-corrected chi connectivity index (χ4v) is 0.372. The second-order valence-electron chi connectivity index (χ2n) is 2.24. The van der Waals surface area contributed by atoms with Crippen LogP contribution in [0.5, 0.6) is 0 Å². The van der Waals surface area contributed by atoms with Crippen LogP contribution in [0, 0.1) is 5.92 Å². The first kappa shape index (κ1) is 7.06. The zero-order valence-corrected chi connectivity index (χ0v) is 5.44. The van der Waals surface area contributed by atoms with Gasteiger partial charge in [-0.05, 0) is 5.92 Å². The van der Waals surface area contributed by atoms with E-state index in [1.54, 1.807) is 0 Å². The third-order valence-electron chi connectivity index (χ3n) is 1.54. The Morgan fingerprint density at radius 3 is 1.86 bits per heavy atom. The lowest BCUT2D eigenvalue weighted by atomic mass is 9.78. The van der Waals surface area contributed by atoms with Crippen molar-refractivity contribution in [1.29, 1.82) is 0 Å². The number of hydrogen-bond acceptors (Lipinski definition) is 0. The molecule has 0 spiro atoms. The van der Waals surface area contributed by atoms with E-state index in [1.165, 1.54) is 6.42 Å². The van der Waals surface area contributed by atoms with E-state index < -0.39 is 0 Å². The molecule has 0 aromatic heterocycles. The Hall–Kier alpha value is 0.0649. The standard InChI is InChI=1S/C6H13B/c1-4-5(2)6(3)7/h5-6H,4H2,1-3H3. The Labute approximate surface area is 47.7 Å². The summed E-state index contributed by atoms with van der Waals surface area (Å²) in [6, 6.07) is 0. The molecule has 0 aliphatic carbocycles. The molecule has 2 atom stereocenters. The second-order valence-corrected chi connectivity index (χ2v) is 2.24. The van der Waals surface area contributed by atoms with Crippen molar-refractivity contribution < 1.29 is 0 Å². The summed E-state index contributed by atoms with van der Waals surface area (Å²) in [5.41, 5.74) is 0. The highest BCUT2D eigenvalue weighted by molar-refractivity contribution is 6.11. The minimum absolute atomic E-state index is 0.366. The van der Waals surface area contributed by atoms with Gasteiger partial charge in [0.25, 0.3) is 0 Å². The smallest absolute Gasteiger partial charge is 0.0699 e. The summed E-state index contributed by atoms with van der Waals surface area (Å²) >= 11 is 0. The van der Waals surface area contributed by atoms with Gasteiger partial charge < -0.3 is 0 Å². The van der Waals surface area contributed by atoms with Gasteiger partial charge in [-0.2, -0.15) is 0 Å². The van der Waals surface area contributed by atoms with Gasteiger partial charge in [0.2, 0.25) is 0 Å². The van der Waals surface area contributed by atoms with Crippen molar-refractivity contribution in [3.8, 4) is 0 Å². The zero-order valence-electron chi connectivity index (χ0n) is 5.44. The van der Waals surface area contributed by atoms with Gasteiger partial charge in [-0.3, -0.25) is 0 Å². The van der Waals surface area contributed by atoms with Crippen LogP contribution in [0.3, 0.4) is 0 Å². The zero-order chi connectivity index (χ0) is 5.86. The lowest BCUT2D eigenvalue weighted by Gasteiger charge is -2.11. The van der Waals surface area contributed by atoms with Crippen LogP contribution < -0.4 is 0 Å². The summed E-state index contributed by atoms with van der Waals surface area (Å²) in [5.74, 6) is 1.05. The summed E-state index contributed by atoms with van der Waals surface area (Å²) in [7, 11) is 5.55. The number of rotatable bonds is 2. The highest BCUT2D eigenvalue weighted by atomic mass is 14.0. The summed E-state index contributed by atoms with van der Waals surface area (Å²) < 4.78 is 0. The predicted molar refractivity (Wildman–Crippen MR) is 34.6 cm³/mol. The van der Waals surface area contributed by atoms with Gasteiger partial charge in [0, 0.05) is 0 Å². The highest BCUT2D eigenvalue weighted by Gasteiger charge is 2.00. The van der Waals surface area contributed by atoms with E-state index in [0.29, 0.717) is 11.7 Å². The molecule has 0 saturated carbocycles. The maximum Gasteiger partial charge on any atom is 0.0699 e. The predicted octanol–water partition coefficient (Wildman–Crippen LogP) is 2.01. The molecule has 0 nitrogen and oxygen atoms in total. The van der Waals surface area contributed by atoms with Crippen LogP contribution in [-0.4, -0.2) is 7.85 Å². The summed E-state index contributed by atoms with van der Waals surface area (Å²) in [4.78, 5) is 0. The Kier molecular flexibility index (Phi) is 3.15. The van der Waals surface area contributed by atoms with Crippen molar-refractivity contribution in [2.75, 3.05) is 0 Å². The molecule has 7 heavy (non-hydrogen) atoms. The quantitative estimate of drug-likeness (QED) is 0.461. The van der Waals surface area contributed by atoms with Gasteiger partial charge in [0.15, 0.2) is 0 Å². The summed E-state index contributed by atoms with van der Waals surface area (Å²) in [6.07, 6.45) is 1.19. The molecule has 40 valence electrons. The molecule has 2 unspecified atom stereocenters. The molecule has 0 N–H and O–H groups in total. The molecule has 0 fully saturated rings. The van der Waals surface area contributed by atoms with Crippen molar-refractivity contribution in [2.24, 2.45) is 5.92 Å². The summed E-state index contributed by atoms with van der Waals surface area (Å²) in [6.45, 7) is 6.38. The van der Waals surface area contributed by atoms with Gasteiger partial charge in [-0.15, -0.1) is 0 Å². The van der Waals surface area contributed by atoms with E-state index in [4.69, 9.17) is 7.85 Å². The van der Waals surface area contributed by atoms with E-state index in [1.807, 2.05) is 6.92 Å². The molecule has 0 heterocycles. The van der Waals surface area contributed by atoms with Crippen LogP contribution in [0.2, 0.25) is 5.82 Å². The van der Waals surface area contributed by atoms with Crippen LogP contribution >= 0.6 is 0 Å². The average Bonchev–Trinajstić information content (AvgIpc) is 1.65. The Morgan fingerprint density at radius 2 is 1.86 bits per heavy atom. The first-order chi connectivity index (χ1) is 3.18. The van der Waals surface area contributed by atoms with Crippen LogP contribution in [0.15, 0.2) is 0 Å². The largest absolute Gasteiger partial charge is 0.0777 e. The van der Waals surface area contributed by atoms with Crippen LogP contribution in [-0.2, 0) is 0 Å². The normalized spacial score (nSPS) is 18.7. The van der Waals surface area contributed by atoms with E-state index in [2.05, 4.69) is 13.8 Å². The fourth-order valence-electron chi connectivity index (χ4n) is 0.372. The van der Waals surface area contributed by atoms with Gasteiger partial charge in [0.1, 0.15) is 0 Å². The second kappa shape index (κ2) is 3.12. The van der Waals surface area contributed by atoms with Crippen molar-refractivity contribution in [3.63, 3.8) is 0 Å². The Bertz CT molecular complexity index is 41.4. The van der Waals surface area contributed by atoms with Crippen molar-refractivity contribution in [2.45, 2.75) is 33.0 Å². The van der Waals surface area contributed by atoms with Gasteiger partial charge in [0.05, 0.1) is 7.85 Å². The molecule has 0 aromatic rings. The SMILES string of the molecule is [B]C(C)C(C)CC. The minimum atomic E-state index is 0.366. The van der Waals surface area contributed by atoms with Gasteiger partial charge in [-0.1, -0.05) is 33.0 Å². The van der Waals surface area contributed by atoms with Crippen LogP contribution in [0.25, 0.3) is 0 Å². The molecule has 0 aromatic carbocycles. The van der Waals surface area contributed by atoms with Crippen LogP contribution in [0.1, 0.15) is 27.2 Å². The van der Waals surface area contributed by atoms with E-state index in [9.17, 15) is 0 Å². The van der Waals surface area contributed by atoms with E-state index in [0.717, 1.165) is 0 Å². The molecule has 0 rings (SSSR count). The first-order valence-electron chi connectivity index (χ1n) is 2.94. The Morgan fingerprint density at radius 1 is 1.43 bits per heavy atom. The van der Waals surface area contributed by atoms with Crippen molar-refractivity contribution >= 4 is 7.85 Å². The van der Waals surface area contributed by atoms with E-state index >= 15 is 0 Å². The monoisotopic (exact) mass is 96.1 g/mol. The number of hydrogen-bond donors (Lipinski definition) is 0.